The van der Waals surface area contributed by atoms with E-state index < -0.39 is 67.3 Å². The van der Waals surface area contributed by atoms with Crippen LogP contribution in [0, 0.1) is 0 Å². The highest BCUT2D eigenvalue weighted by molar-refractivity contribution is 5.74. The number of carboxylic acids is 1. The van der Waals surface area contributed by atoms with E-state index in [0.717, 1.165) is 89.9 Å². The van der Waals surface area contributed by atoms with Crippen LogP contribution in [0.5, 0.6) is 0 Å². The van der Waals surface area contributed by atoms with E-state index in [1.807, 2.05) is 0 Å². The number of hydrogen-bond donors (Lipinski definition) is 3. The van der Waals surface area contributed by atoms with Crippen LogP contribution >= 0.6 is 0 Å². The van der Waals surface area contributed by atoms with Crippen LogP contribution in [0.15, 0.2) is 60.8 Å². The van der Waals surface area contributed by atoms with Crippen molar-refractivity contribution in [2.24, 2.45) is 0 Å². The van der Waals surface area contributed by atoms with Gasteiger partial charge in [0.2, 0.25) is 0 Å². The Morgan fingerprint density at radius 1 is 0.466 bits per heavy atom. The van der Waals surface area contributed by atoms with Crippen molar-refractivity contribution in [2.45, 2.75) is 289 Å². The third-order valence-electron chi connectivity index (χ3n) is 13.1. The number of carbonyl (C=O) groups is 4. The molecule has 6 unspecified atom stereocenters. The van der Waals surface area contributed by atoms with E-state index >= 15 is 0 Å². The van der Waals surface area contributed by atoms with Crippen molar-refractivity contribution >= 4 is 23.9 Å². The van der Waals surface area contributed by atoms with Gasteiger partial charge in [0.15, 0.2) is 24.6 Å². The summed E-state index contributed by atoms with van der Waals surface area (Å²) >= 11 is 0. The molecule has 420 valence electrons. The first-order valence-corrected chi connectivity index (χ1v) is 29.3. The van der Waals surface area contributed by atoms with Gasteiger partial charge in [-0.15, -0.1) is 0 Å². The first-order valence-electron chi connectivity index (χ1n) is 29.3. The van der Waals surface area contributed by atoms with Gasteiger partial charge in [-0.3, -0.25) is 14.4 Å². The van der Waals surface area contributed by atoms with Crippen LogP contribution in [0.4, 0.5) is 0 Å². The molecule has 1 heterocycles. The zero-order valence-corrected chi connectivity index (χ0v) is 46.1. The number of aliphatic hydroxyl groups excluding tert-OH is 2. The van der Waals surface area contributed by atoms with Crippen molar-refractivity contribution in [3.05, 3.63) is 60.8 Å². The van der Waals surface area contributed by atoms with E-state index in [1.54, 1.807) is 0 Å². The molecule has 1 saturated heterocycles. The van der Waals surface area contributed by atoms with Crippen LogP contribution in [-0.4, -0.2) is 89.2 Å². The molecule has 0 amide bonds. The van der Waals surface area contributed by atoms with Gasteiger partial charge in [0.1, 0.15) is 18.8 Å². The Bertz CT molecular complexity index is 1500. The van der Waals surface area contributed by atoms with Crippen molar-refractivity contribution < 1.29 is 58.2 Å². The molecule has 12 nitrogen and oxygen atoms in total. The lowest BCUT2D eigenvalue weighted by atomic mass is 9.98. The Labute approximate surface area is 443 Å². The Hall–Kier alpha value is -3.58. The molecule has 0 radical (unpaired) electrons. The minimum atomic E-state index is -1.91. The third-order valence-corrected chi connectivity index (χ3v) is 13.1. The SMILES string of the molecule is CC/C=C\C/C=C\C/C=C\C/C=C\C/C=C\CCCCCC(=O)OC1C(OCC(COC(=O)CCCCCCCCCCCCCCCCC)OC(=O)CCCCCCCCCCC)OC(C(=O)O)C(O)C1O. The van der Waals surface area contributed by atoms with Crippen LogP contribution in [0.25, 0.3) is 0 Å². The number of hydrogen-bond acceptors (Lipinski definition) is 11. The summed E-state index contributed by atoms with van der Waals surface area (Å²) < 4.78 is 28.3. The van der Waals surface area contributed by atoms with E-state index in [0.29, 0.717) is 19.3 Å². The molecule has 12 heteroatoms. The first-order chi connectivity index (χ1) is 35.6. The Morgan fingerprint density at radius 2 is 0.863 bits per heavy atom. The molecule has 73 heavy (non-hydrogen) atoms. The van der Waals surface area contributed by atoms with Gasteiger partial charge in [0.05, 0.1) is 6.61 Å². The topological polar surface area (TPSA) is 175 Å². The number of carbonyl (C=O) groups excluding carboxylic acids is 3. The van der Waals surface area contributed by atoms with Gasteiger partial charge in [-0.05, 0) is 64.2 Å². The second-order valence-electron chi connectivity index (χ2n) is 19.9. The minimum absolute atomic E-state index is 0.0223. The number of unbranched alkanes of at least 4 members (excludes halogenated alkanes) is 25. The number of ether oxygens (including phenoxy) is 5. The Balaban J connectivity index is 2.66. The minimum Gasteiger partial charge on any atom is -0.479 e. The molecular weight excluding hydrogens is 925 g/mol. The summed E-state index contributed by atoms with van der Waals surface area (Å²) in [6.45, 7) is 5.85. The maximum absolute atomic E-state index is 13.1. The highest BCUT2D eigenvalue weighted by atomic mass is 16.7. The van der Waals surface area contributed by atoms with Gasteiger partial charge in [0.25, 0.3) is 0 Å². The summed E-state index contributed by atoms with van der Waals surface area (Å²) in [5, 5.41) is 31.4. The molecule has 3 N–H and O–H groups in total. The predicted molar refractivity (Wildman–Crippen MR) is 294 cm³/mol. The molecule has 1 aliphatic rings. The zero-order valence-electron chi connectivity index (χ0n) is 46.1. The lowest BCUT2D eigenvalue weighted by Crippen LogP contribution is -2.61. The van der Waals surface area contributed by atoms with Crippen LogP contribution in [0.2, 0.25) is 0 Å². The highest BCUT2D eigenvalue weighted by Gasteiger charge is 2.50. The average molecular weight is 1030 g/mol. The molecule has 0 aliphatic carbocycles. The zero-order chi connectivity index (χ0) is 53.3. The molecule has 1 rings (SSSR count). The predicted octanol–water partition coefficient (Wildman–Crippen LogP) is 14.8. The van der Waals surface area contributed by atoms with Crippen molar-refractivity contribution in [1.29, 1.82) is 0 Å². The van der Waals surface area contributed by atoms with Crippen molar-refractivity contribution in [2.75, 3.05) is 13.2 Å². The molecule has 1 aliphatic heterocycles. The number of esters is 3. The van der Waals surface area contributed by atoms with Crippen molar-refractivity contribution in [3.8, 4) is 0 Å². The largest absolute Gasteiger partial charge is 0.479 e. The van der Waals surface area contributed by atoms with Crippen LogP contribution in [0.1, 0.15) is 252 Å². The third kappa shape index (κ3) is 39.5. The summed E-state index contributed by atoms with van der Waals surface area (Å²) in [6, 6.07) is 0. The standard InChI is InChI=1S/C61H104O12/c1-4-7-10-13-16-19-21-23-25-26-27-28-30-32-34-37-40-43-46-49-55(64)72-59-57(66)56(65)58(60(67)68)73-61(59)70-51-52(71-54(63)48-45-42-39-35-18-15-12-9-6-3)50-69-53(62)47-44-41-38-36-33-31-29-24-22-20-17-14-11-8-5-2/h7,10,16,19,23,25,27-28,32,34,52,56-59,61,65-66H,4-6,8-9,11-15,17-18,20-22,24,26,29-31,33,35-51H2,1-3H3,(H,67,68)/b10-7-,19-16-,25-23-,28-27-,34-32-. The molecule has 0 saturated carbocycles. The summed E-state index contributed by atoms with van der Waals surface area (Å²) in [5.74, 6) is -3.15. The summed E-state index contributed by atoms with van der Waals surface area (Å²) in [4.78, 5) is 51.0. The van der Waals surface area contributed by atoms with Crippen LogP contribution < -0.4 is 0 Å². The van der Waals surface area contributed by atoms with Crippen LogP contribution in [-0.2, 0) is 42.9 Å². The van der Waals surface area contributed by atoms with E-state index in [-0.39, 0.29) is 25.9 Å². The van der Waals surface area contributed by atoms with E-state index in [2.05, 4.69) is 81.5 Å². The van der Waals surface area contributed by atoms with Crippen molar-refractivity contribution in [1.82, 2.24) is 0 Å². The fourth-order valence-electron chi connectivity index (χ4n) is 8.63. The van der Waals surface area contributed by atoms with Gasteiger partial charge in [-0.2, -0.15) is 0 Å². The lowest BCUT2D eigenvalue weighted by molar-refractivity contribution is -0.301. The van der Waals surface area contributed by atoms with Crippen molar-refractivity contribution in [3.63, 3.8) is 0 Å². The van der Waals surface area contributed by atoms with Crippen LogP contribution in [0.3, 0.4) is 0 Å². The Morgan fingerprint density at radius 3 is 1.32 bits per heavy atom. The quantitative estimate of drug-likeness (QED) is 0.0228. The number of rotatable bonds is 49. The van der Waals surface area contributed by atoms with Gasteiger partial charge >= 0.3 is 23.9 Å². The lowest BCUT2D eigenvalue weighted by Gasteiger charge is -2.40. The number of allylic oxidation sites excluding steroid dienone is 10. The molecule has 6 atom stereocenters. The molecule has 0 spiro atoms. The maximum atomic E-state index is 13.1. The second-order valence-corrected chi connectivity index (χ2v) is 19.9. The maximum Gasteiger partial charge on any atom is 0.335 e. The van der Waals surface area contributed by atoms with E-state index in [4.69, 9.17) is 23.7 Å². The molecule has 0 aromatic carbocycles. The number of carboxylic acid groups (broad SMARTS) is 1. The van der Waals surface area contributed by atoms with Gasteiger partial charge in [-0.25, -0.2) is 4.79 Å². The number of aliphatic hydroxyl groups is 2. The molecule has 0 aromatic heterocycles. The highest BCUT2D eigenvalue weighted by Crippen LogP contribution is 2.26. The molecule has 0 aromatic rings. The van der Waals surface area contributed by atoms with E-state index in [1.165, 1.54) is 103 Å². The molecule has 1 fully saturated rings. The first kappa shape index (κ1) is 67.4. The van der Waals surface area contributed by atoms with Gasteiger partial charge in [-0.1, -0.05) is 229 Å². The fourth-order valence-corrected chi connectivity index (χ4v) is 8.63. The summed E-state index contributed by atoms with van der Waals surface area (Å²) in [5.41, 5.74) is 0. The van der Waals surface area contributed by atoms with E-state index in [9.17, 15) is 34.5 Å². The smallest absolute Gasteiger partial charge is 0.335 e. The second kappa shape index (κ2) is 49.3. The molecule has 0 bridgehead atoms. The number of aliphatic carboxylic acids is 1. The summed E-state index contributed by atoms with van der Waals surface area (Å²) in [7, 11) is 0. The molecular formula is C61H104O12. The fraction of sp³-hybridized carbons (Fsp3) is 0.770. The van der Waals surface area contributed by atoms with Gasteiger partial charge in [0, 0.05) is 19.3 Å². The summed E-state index contributed by atoms with van der Waals surface area (Å²) in [6.07, 6.45) is 47.7. The normalized spacial score (nSPS) is 18.7. The monoisotopic (exact) mass is 1030 g/mol. The average Bonchev–Trinajstić information content (AvgIpc) is 3.37. The Kier molecular flexibility index (Phi) is 45.5. The van der Waals surface area contributed by atoms with Gasteiger partial charge < -0.3 is 39.0 Å².